The first kappa shape index (κ1) is 13.7. The van der Waals surface area contributed by atoms with E-state index in [1.165, 1.54) is 4.31 Å². The summed E-state index contributed by atoms with van der Waals surface area (Å²) in [4.78, 5) is 0.354. The van der Waals surface area contributed by atoms with E-state index in [0.29, 0.717) is 16.6 Å². The molecule has 1 aliphatic rings. The normalized spacial score (nSPS) is 20.3. The van der Waals surface area contributed by atoms with Crippen LogP contribution in [0.25, 0.3) is 0 Å². The number of thioether (sulfide) groups is 1. The van der Waals surface area contributed by atoms with Gasteiger partial charge in [0.25, 0.3) is 0 Å². The number of para-hydroxylation sites is 1. The van der Waals surface area contributed by atoms with E-state index in [0.717, 1.165) is 17.9 Å². The van der Waals surface area contributed by atoms with Crippen LogP contribution in [0.5, 0.6) is 0 Å². The molecule has 1 aliphatic heterocycles. The lowest BCUT2D eigenvalue weighted by Gasteiger charge is -2.18. The molecule has 0 spiro atoms. The summed E-state index contributed by atoms with van der Waals surface area (Å²) in [5.74, 6) is 2.18. The van der Waals surface area contributed by atoms with Gasteiger partial charge < -0.3 is 5.32 Å². The quantitative estimate of drug-likeness (QED) is 0.918. The van der Waals surface area contributed by atoms with Crippen LogP contribution in [0.2, 0.25) is 0 Å². The zero-order valence-electron chi connectivity index (χ0n) is 10.6. The second kappa shape index (κ2) is 5.50. The molecule has 1 saturated heterocycles. The van der Waals surface area contributed by atoms with Crippen LogP contribution in [0.4, 0.5) is 5.69 Å². The minimum atomic E-state index is -3.39. The van der Waals surface area contributed by atoms with Crippen molar-refractivity contribution in [1.82, 2.24) is 4.31 Å². The number of nitrogens with one attached hydrogen (secondary N) is 1. The van der Waals surface area contributed by atoms with Crippen LogP contribution < -0.4 is 5.32 Å². The Hall–Kier alpha value is -0.720. The van der Waals surface area contributed by atoms with Crippen LogP contribution in [-0.2, 0) is 10.0 Å². The summed E-state index contributed by atoms with van der Waals surface area (Å²) in [5, 5.41) is 3.34. The van der Waals surface area contributed by atoms with Gasteiger partial charge in [0.05, 0.1) is 5.69 Å². The highest BCUT2D eigenvalue weighted by Crippen LogP contribution is 2.27. The number of nitrogens with zero attached hydrogens (tertiary/aromatic N) is 1. The average Bonchev–Trinajstić information content (AvgIpc) is 2.82. The van der Waals surface area contributed by atoms with Gasteiger partial charge in [-0.15, -0.1) is 0 Å². The van der Waals surface area contributed by atoms with Crippen molar-refractivity contribution in [2.24, 2.45) is 0 Å². The lowest BCUT2D eigenvalue weighted by molar-refractivity contribution is 0.521. The number of sulfonamides is 1. The van der Waals surface area contributed by atoms with E-state index in [2.05, 4.69) is 5.32 Å². The van der Waals surface area contributed by atoms with E-state index >= 15 is 0 Å². The summed E-state index contributed by atoms with van der Waals surface area (Å²) >= 11 is 1.90. The Kier molecular flexibility index (Phi) is 4.19. The number of hydrogen-bond donors (Lipinski definition) is 1. The predicted molar refractivity (Wildman–Crippen MR) is 76.7 cm³/mol. The van der Waals surface area contributed by atoms with Crippen molar-refractivity contribution in [3.63, 3.8) is 0 Å². The standard InChI is InChI=1S/C12H18N2O2S2/c1-14(2)18(15,16)12-6-4-3-5-11(12)13-10-7-8-17-9-10/h3-6,10,13H,7-9H2,1-2H3. The molecule has 18 heavy (non-hydrogen) atoms. The Morgan fingerprint density at radius 2 is 2.06 bits per heavy atom. The third-order valence-corrected chi connectivity index (χ3v) is 5.97. The summed E-state index contributed by atoms with van der Waals surface area (Å²) in [6.07, 6.45) is 1.08. The molecular formula is C12H18N2O2S2. The fourth-order valence-corrected chi connectivity index (χ4v) is 4.08. The molecule has 1 N–H and O–H groups in total. The Morgan fingerprint density at radius 1 is 1.33 bits per heavy atom. The monoisotopic (exact) mass is 286 g/mol. The van der Waals surface area contributed by atoms with E-state index in [9.17, 15) is 8.42 Å². The Labute approximate surface area is 113 Å². The van der Waals surface area contributed by atoms with Gasteiger partial charge in [-0.25, -0.2) is 12.7 Å². The molecule has 1 fully saturated rings. The molecule has 4 nitrogen and oxygen atoms in total. The maximum Gasteiger partial charge on any atom is 0.244 e. The van der Waals surface area contributed by atoms with Crippen LogP contribution >= 0.6 is 11.8 Å². The van der Waals surface area contributed by atoms with Crippen LogP contribution in [0.1, 0.15) is 6.42 Å². The third-order valence-electron chi connectivity index (χ3n) is 2.93. The van der Waals surface area contributed by atoms with Gasteiger partial charge >= 0.3 is 0 Å². The smallest absolute Gasteiger partial charge is 0.244 e. The van der Waals surface area contributed by atoms with E-state index in [1.54, 1.807) is 26.2 Å². The zero-order valence-corrected chi connectivity index (χ0v) is 12.2. The number of rotatable bonds is 4. The summed E-state index contributed by atoms with van der Waals surface area (Å²) in [5.41, 5.74) is 0.707. The van der Waals surface area contributed by atoms with Crippen molar-refractivity contribution in [2.45, 2.75) is 17.4 Å². The average molecular weight is 286 g/mol. The van der Waals surface area contributed by atoms with E-state index in [-0.39, 0.29) is 0 Å². The minimum absolute atomic E-state index is 0.354. The predicted octanol–water partition coefficient (Wildman–Crippen LogP) is 1.85. The van der Waals surface area contributed by atoms with E-state index in [1.807, 2.05) is 23.9 Å². The topological polar surface area (TPSA) is 49.4 Å². The van der Waals surface area contributed by atoms with Gasteiger partial charge in [-0.3, -0.25) is 0 Å². The first-order valence-electron chi connectivity index (χ1n) is 5.87. The Bertz CT molecular complexity index is 509. The molecule has 1 unspecified atom stereocenters. The molecule has 0 radical (unpaired) electrons. The van der Waals surface area contributed by atoms with Crippen LogP contribution in [0, 0.1) is 0 Å². The fourth-order valence-electron chi connectivity index (χ4n) is 1.88. The van der Waals surface area contributed by atoms with Crippen molar-refractivity contribution >= 4 is 27.5 Å². The molecule has 1 aromatic rings. The fraction of sp³-hybridized carbons (Fsp3) is 0.500. The highest BCUT2D eigenvalue weighted by Gasteiger charge is 2.23. The Morgan fingerprint density at radius 3 is 2.67 bits per heavy atom. The molecule has 0 aliphatic carbocycles. The number of hydrogen-bond acceptors (Lipinski definition) is 4. The lowest BCUT2D eigenvalue weighted by Crippen LogP contribution is -2.25. The summed E-state index contributed by atoms with van der Waals surface area (Å²) in [6.45, 7) is 0. The molecule has 1 atom stereocenters. The third kappa shape index (κ3) is 2.81. The highest BCUT2D eigenvalue weighted by atomic mass is 32.2. The maximum atomic E-state index is 12.2. The first-order chi connectivity index (χ1) is 8.51. The van der Waals surface area contributed by atoms with Gasteiger partial charge in [0.1, 0.15) is 4.90 Å². The van der Waals surface area contributed by atoms with Gasteiger partial charge in [-0.2, -0.15) is 11.8 Å². The maximum absolute atomic E-state index is 12.2. The summed E-state index contributed by atoms with van der Waals surface area (Å²) < 4.78 is 25.7. The van der Waals surface area contributed by atoms with Gasteiger partial charge in [-0.05, 0) is 24.3 Å². The molecule has 100 valence electrons. The van der Waals surface area contributed by atoms with Crippen molar-refractivity contribution in [2.75, 3.05) is 30.9 Å². The van der Waals surface area contributed by atoms with Gasteiger partial charge in [0, 0.05) is 25.9 Å². The second-order valence-electron chi connectivity index (χ2n) is 4.49. The van der Waals surface area contributed by atoms with Crippen molar-refractivity contribution in [3.05, 3.63) is 24.3 Å². The number of benzene rings is 1. The van der Waals surface area contributed by atoms with Crippen molar-refractivity contribution < 1.29 is 8.42 Å². The molecular weight excluding hydrogens is 268 g/mol. The molecule has 2 rings (SSSR count). The largest absolute Gasteiger partial charge is 0.380 e. The van der Waals surface area contributed by atoms with Crippen LogP contribution in [0.3, 0.4) is 0 Å². The van der Waals surface area contributed by atoms with Crippen LogP contribution in [0.15, 0.2) is 29.2 Å². The minimum Gasteiger partial charge on any atom is -0.380 e. The number of anilines is 1. The second-order valence-corrected chi connectivity index (χ2v) is 7.76. The highest BCUT2D eigenvalue weighted by molar-refractivity contribution is 7.99. The zero-order chi connectivity index (χ0) is 13.2. The molecule has 0 aromatic heterocycles. The van der Waals surface area contributed by atoms with Crippen molar-refractivity contribution in [3.8, 4) is 0 Å². The van der Waals surface area contributed by atoms with Gasteiger partial charge in [0.2, 0.25) is 10.0 Å². The molecule has 0 saturated carbocycles. The van der Waals surface area contributed by atoms with Crippen LogP contribution in [-0.4, -0.2) is 44.4 Å². The summed E-state index contributed by atoms with van der Waals surface area (Å²) in [6, 6.07) is 7.47. The SMILES string of the molecule is CN(C)S(=O)(=O)c1ccccc1NC1CCSC1. The molecule has 0 amide bonds. The van der Waals surface area contributed by atoms with Gasteiger partial charge in [0.15, 0.2) is 0 Å². The molecule has 6 heteroatoms. The lowest BCUT2D eigenvalue weighted by atomic mass is 10.2. The Balaban J connectivity index is 2.31. The van der Waals surface area contributed by atoms with E-state index < -0.39 is 10.0 Å². The molecule has 0 bridgehead atoms. The molecule has 1 heterocycles. The first-order valence-corrected chi connectivity index (χ1v) is 8.47. The van der Waals surface area contributed by atoms with E-state index in [4.69, 9.17) is 0 Å². The van der Waals surface area contributed by atoms with Gasteiger partial charge in [-0.1, -0.05) is 12.1 Å². The molecule has 1 aromatic carbocycles. The van der Waals surface area contributed by atoms with Crippen molar-refractivity contribution in [1.29, 1.82) is 0 Å². The summed E-state index contributed by atoms with van der Waals surface area (Å²) in [7, 11) is -0.279.